The summed E-state index contributed by atoms with van der Waals surface area (Å²) in [5.41, 5.74) is -0.984. The molecule has 0 aliphatic carbocycles. The Bertz CT molecular complexity index is 392. The van der Waals surface area contributed by atoms with Gasteiger partial charge in [0.2, 0.25) is 5.91 Å². The van der Waals surface area contributed by atoms with Gasteiger partial charge in [-0.25, -0.2) is 9.59 Å². The summed E-state index contributed by atoms with van der Waals surface area (Å²) in [7, 11) is 0. The minimum atomic E-state index is -1.08. The largest absolute Gasteiger partial charge is 0.480 e. The van der Waals surface area contributed by atoms with Crippen LogP contribution in [0.2, 0.25) is 0 Å². The molecular formula is C12H21N3O4. The number of urea groups is 1. The van der Waals surface area contributed by atoms with Crippen LogP contribution >= 0.6 is 0 Å². The number of carbonyl (C=O) groups is 3. The lowest BCUT2D eigenvalue weighted by Crippen LogP contribution is -2.66. The number of carboxylic acid groups (broad SMARTS) is 1. The predicted octanol–water partition coefficient (Wildman–Crippen LogP) is 0.0156. The molecule has 1 fully saturated rings. The lowest BCUT2D eigenvalue weighted by atomic mass is 9.99. The van der Waals surface area contributed by atoms with E-state index in [4.69, 9.17) is 5.11 Å². The molecule has 0 bridgehead atoms. The summed E-state index contributed by atoms with van der Waals surface area (Å²) in [6, 6.07) is -1.49. The van der Waals surface area contributed by atoms with E-state index in [1.165, 1.54) is 4.90 Å². The van der Waals surface area contributed by atoms with Crippen molar-refractivity contribution < 1.29 is 19.5 Å². The molecular weight excluding hydrogens is 250 g/mol. The first-order valence-electron chi connectivity index (χ1n) is 6.27. The lowest BCUT2D eigenvalue weighted by Gasteiger charge is -2.41. The van der Waals surface area contributed by atoms with Crippen LogP contribution in [0.25, 0.3) is 0 Å². The van der Waals surface area contributed by atoms with Crippen molar-refractivity contribution in [1.29, 1.82) is 0 Å². The molecule has 1 heterocycles. The second-order valence-corrected chi connectivity index (χ2v) is 5.48. The molecule has 1 aliphatic heterocycles. The Labute approximate surface area is 112 Å². The SMILES string of the molecule is CC(C)[C@@H](NC(=O)N1CCNC(=O)C1(C)C)C(=O)O. The fourth-order valence-corrected chi connectivity index (χ4v) is 1.98. The first-order valence-corrected chi connectivity index (χ1v) is 6.27. The lowest BCUT2D eigenvalue weighted by molar-refractivity contribution is -0.140. The Morgan fingerprint density at radius 3 is 2.47 bits per heavy atom. The first-order chi connectivity index (χ1) is 8.67. The third-order valence-electron chi connectivity index (χ3n) is 3.31. The molecule has 108 valence electrons. The van der Waals surface area contributed by atoms with Gasteiger partial charge in [0.15, 0.2) is 0 Å². The van der Waals surface area contributed by atoms with E-state index in [1.807, 2.05) is 0 Å². The van der Waals surface area contributed by atoms with Gasteiger partial charge in [0.05, 0.1) is 0 Å². The topological polar surface area (TPSA) is 98.7 Å². The second kappa shape index (κ2) is 5.46. The summed E-state index contributed by atoms with van der Waals surface area (Å²) in [4.78, 5) is 36.3. The standard InChI is InChI=1S/C12H21N3O4/c1-7(2)8(9(16)17)14-11(19)15-6-5-13-10(18)12(15,3)4/h7-8H,5-6H2,1-4H3,(H,13,18)(H,14,19)(H,16,17)/t8-/m1/s1. The average molecular weight is 271 g/mol. The van der Waals surface area contributed by atoms with Crippen molar-refractivity contribution in [2.75, 3.05) is 13.1 Å². The Balaban J connectivity index is 2.82. The van der Waals surface area contributed by atoms with E-state index in [0.717, 1.165) is 0 Å². The first kappa shape index (κ1) is 15.3. The van der Waals surface area contributed by atoms with Gasteiger partial charge in [-0.15, -0.1) is 0 Å². The fourth-order valence-electron chi connectivity index (χ4n) is 1.98. The Morgan fingerprint density at radius 2 is 2.00 bits per heavy atom. The van der Waals surface area contributed by atoms with Crippen molar-refractivity contribution >= 4 is 17.9 Å². The van der Waals surface area contributed by atoms with Crippen LogP contribution in [-0.4, -0.2) is 52.6 Å². The summed E-state index contributed by atoms with van der Waals surface area (Å²) in [6.45, 7) is 7.42. The summed E-state index contributed by atoms with van der Waals surface area (Å²) in [6.07, 6.45) is 0. The van der Waals surface area contributed by atoms with Crippen molar-refractivity contribution in [3.63, 3.8) is 0 Å². The molecule has 3 N–H and O–H groups in total. The predicted molar refractivity (Wildman–Crippen MR) is 68.6 cm³/mol. The highest BCUT2D eigenvalue weighted by atomic mass is 16.4. The summed E-state index contributed by atoms with van der Waals surface area (Å²) in [5, 5.41) is 14.2. The molecule has 1 rings (SSSR count). The summed E-state index contributed by atoms with van der Waals surface area (Å²) < 4.78 is 0. The molecule has 0 aromatic heterocycles. The number of carboxylic acids is 1. The van der Waals surface area contributed by atoms with Crippen LogP contribution in [0.1, 0.15) is 27.7 Å². The van der Waals surface area contributed by atoms with Crippen LogP contribution in [0.4, 0.5) is 4.79 Å². The number of amides is 3. The smallest absolute Gasteiger partial charge is 0.326 e. The molecule has 3 amide bonds. The molecule has 7 heteroatoms. The normalized spacial score (nSPS) is 19.8. The van der Waals surface area contributed by atoms with Crippen LogP contribution in [0.3, 0.4) is 0 Å². The van der Waals surface area contributed by atoms with Crippen LogP contribution in [-0.2, 0) is 9.59 Å². The highest BCUT2D eigenvalue weighted by molar-refractivity contribution is 5.92. The van der Waals surface area contributed by atoms with Gasteiger partial charge in [-0.05, 0) is 19.8 Å². The molecule has 1 atom stereocenters. The van der Waals surface area contributed by atoms with E-state index in [1.54, 1.807) is 27.7 Å². The molecule has 1 aliphatic rings. The van der Waals surface area contributed by atoms with Gasteiger partial charge in [0, 0.05) is 13.1 Å². The van der Waals surface area contributed by atoms with E-state index >= 15 is 0 Å². The molecule has 19 heavy (non-hydrogen) atoms. The Kier molecular flexibility index (Phi) is 4.39. The number of hydrogen-bond acceptors (Lipinski definition) is 3. The van der Waals surface area contributed by atoms with Crippen molar-refractivity contribution in [3.05, 3.63) is 0 Å². The van der Waals surface area contributed by atoms with Gasteiger partial charge in [-0.2, -0.15) is 0 Å². The van der Waals surface area contributed by atoms with E-state index in [2.05, 4.69) is 10.6 Å². The Hall–Kier alpha value is -1.79. The Morgan fingerprint density at radius 1 is 1.42 bits per heavy atom. The zero-order valence-electron chi connectivity index (χ0n) is 11.7. The number of rotatable bonds is 3. The van der Waals surface area contributed by atoms with Crippen LogP contribution in [0, 0.1) is 5.92 Å². The van der Waals surface area contributed by atoms with Crippen LogP contribution in [0.15, 0.2) is 0 Å². The van der Waals surface area contributed by atoms with Crippen LogP contribution < -0.4 is 10.6 Å². The molecule has 1 saturated heterocycles. The van der Waals surface area contributed by atoms with Gasteiger partial charge in [0.25, 0.3) is 0 Å². The maximum Gasteiger partial charge on any atom is 0.326 e. The zero-order valence-corrected chi connectivity index (χ0v) is 11.7. The van der Waals surface area contributed by atoms with Crippen LogP contribution in [0.5, 0.6) is 0 Å². The van der Waals surface area contributed by atoms with E-state index in [9.17, 15) is 14.4 Å². The van der Waals surface area contributed by atoms with Crippen molar-refractivity contribution in [3.8, 4) is 0 Å². The molecule has 0 saturated carbocycles. The van der Waals surface area contributed by atoms with E-state index in [0.29, 0.717) is 13.1 Å². The third-order valence-corrected chi connectivity index (χ3v) is 3.31. The molecule has 7 nitrogen and oxygen atoms in total. The van der Waals surface area contributed by atoms with Gasteiger partial charge < -0.3 is 20.6 Å². The quantitative estimate of drug-likeness (QED) is 0.673. The molecule has 0 radical (unpaired) electrons. The monoisotopic (exact) mass is 271 g/mol. The van der Waals surface area contributed by atoms with Crippen molar-refractivity contribution in [2.24, 2.45) is 5.92 Å². The number of nitrogens with zero attached hydrogens (tertiary/aromatic N) is 1. The second-order valence-electron chi connectivity index (χ2n) is 5.48. The highest BCUT2D eigenvalue weighted by Gasteiger charge is 2.41. The third kappa shape index (κ3) is 3.15. The minimum absolute atomic E-state index is 0.233. The van der Waals surface area contributed by atoms with Gasteiger partial charge in [-0.3, -0.25) is 4.79 Å². The van der Waals surface area contributed by atoms with Gasteiger partial charge >= 0.3 is 12.0 Å². The van der Waals surface area contributed by atoms with Crippen molar-refractivity contribution in [2.45, 2.75) is 39.3 Å². The number of carbonyl (C=O) groups excluding carboxylic acids is 2. The number of nitrogens with one attached hydrogen (secondary N) is 2. The molecule has 0 spiro atoms. The molecule has 0 aromatic carbocycles. The van der Waals surface area contributed by atoms with Crippen molar-refractivity contribution in [1.82, 2.24) is 15.5 Å². The summed E-state index contributed by atoms with van der Waals surface area (Å²) in [5.74, 6) is -1.56. The van der Waals surface area contributed by atoms with E-state index in [-0.39, 0.29) is 11.8 Å². The maximum absolute atomic E-state index is 12.2. The number of piperazine rings is 1. The average Bonchev–Trinajstić information content (AvgIpc) is 2.28. The highest BCUT2D eigenvalue weighted by Crippen LogP contribution is 2.18. The number of hydrogen-bond donors (Lipinski definition) is 3. The summed E-state index contributed by atoms with van der Waals surface area (Å²) >= 11 is 0. The van der Waals surface area contributed by atoms with Gasteiger partial charge in [0.1, 0.15) is 11.6 Å². The fraction of sp³-hybridized carbons (Fsp3) is 0.750. The number of aliphatic carboxylic acids is 1. The molecule has 0 aromatic rings. The van der Waals surface area contributed by atoms with E-state index < -0.39 is 23.6 Å². The maximum atomic E-state index is 12.2. The molecule has 0 unspecified atom stereocenters. The zero-order chi connectivity index (χ0) is 14.8. The minimum Gasteiger partial charge on any atom is -0.480 e. The van der Waals surface area contributed by atoms with Gasteiger partial charge in [-0.1, -0.05) is 13.8 Å².